The van der Waals surface area contributed by atoms with Crippen molar-refractivity contribution in [2.45, 2.75) is 58.4 Å². The summed E-state index contributed by atoms with van der Waals surface area (Å²) in [6.45, 7) is 4.79. The van der Waals surface area contributed by atoms with Crippen LogP contribution in [0.4, 0.5) is 4.79 Å². The van der Waals surface area contributed by atoms with E-state index in [2.05, 4.69) is 17.6 Å². The van der Waals surface area contributed by atoms with E-state index in [9.17, 15) is 9.59 Å². The van der Waals surface area contributed by atoms with E-state index in [1.807, 2.05) is 6.92 Å². The Labute approximate surface area is 115 Å². The first-order valence-corrected chi connectivity index (χ1v) is 7.30. The van der Waals surface area contributed by atoms with Crippen LogP contribution < -0.4 is 10.6 Å². The number of aliphatic carboxylic acids is 1. The molecular formula is C14H26N2O3. The molecule has 0 saturated heterocycles. The Morgan fingerprint density at radius 3 is 2.68 bits per heavy atom. The molecular weight excluding hydrogens is 244 g/mol. The third-order valence-electron chi connectivity index (χ3n) is 3.78. The fourth-order valence-corrected chi connectivity index (χ4v) is 2.74. The van der Waals surface area contributed by atoms with Crippen LogP contribution in [0.15, 0.2) is 0 Å². The van der Waals surface area contributed by atoms with E-state index in [0.29, 0.717) is 18.9 Å². The van der Waals surface area contributed by atoms with Gasteiger partial charge in [0.15, 0.2) is 0 Å². The molecule has 0 spiro atoms. The van der Waals surface area contributed by atoms with Crippen LogP contribution in [0.2, 0.25) is 0 Å². The zero-order valence-electron chi connectivity index (χ0n) is 11.9. The van der Waals surface area contributed by atoms with Crippen LogP contribution in [0.3, 0.4) is 0 Å². The van der Waals surface area contributed by atoms with Crippen molar-refractivity contribution in [1.29, 1.82) is 0 Å². The molecule has 0 heterocycles. The maximum absolute atomic E-state index is 11.7. The lowest BCUT2D eigenvalue weighted by atomic mass is 9.82. The number of carbonyl (C=O) groups excluding carboxylic acids is 1. The van der Waals surface area contributed by atoms with Crippen LogP contribution in [0, 0.1) is 11.8 Å². The van der Waals surface area contributed by atoms with Crippen molar-refractivity contribution >= 4 is 12.0 Å². The van der Waals surface area contributed by atoms with E-state index in [-0.39, 0.29) is 6.03 Å². The van der Waals surface area contributed by atoms with Gasteiger partial charge >= 0.3 is 12.0 Å². The molecule has 2 amide bonds. The van der Waals surface area contributed by atoms with E-state index in [4.69, 9.17) is 5.11 Å². The Morgan fingerprint density at radius 2 is 2.11 bits per heavy atom. The van der Waals surface area contributed by atoms with Gasteiger partial charge in [0, 0.05) is 6.54 Å². The molecule has 1 saturated carbocycles. The molecule has 0 aliphatic heterocycles. The topological polar surface area (TPSA) is 78.4 Å². The molecule has 1 aliphatic carbocycles. The van der Waals surface area contributed by atoms with Crippen molar-refractivity contribution in [3.63, 3.8) is 0 Å². The zero-order chi connectivity index (χ0) is 14.3. The van der Waals surface area contributed by atoms with E-state index in [0.717, 1.165) is 25.2 Å². The van der Waals surface area contributed by atoms with Crippen molar-refractivity contribution in [3.05, 3.63) is 0 Å². The number of hydrogen-bond donors (Lipinski definition) is 3. The normalized spacial score (nSPS) is 24.5. The second-order valence-corrected chi connectivity index (χ2v) is 5.67. The molecule has 0 radical (unpaired) electrons. The summed E-state index contributed by atoms with van der Waals surface area (Å²) in [5.41, 5.74) is 0. The molecule has 3 unspecified atom stereocenters. The minimum Gasteiger partial charge on any atom is -0.480 e. The smallest absolute Gasteiger partial charge is 0.326 e. The molecule has 1 rings (SSSR count). The summed E-state index contributed by atoms with van der Waals surface area (Å²) in [5.74, 6) is 0.294. The quantitative estimate of drug-likeness (QED) is 0.693. The van der Waals surface area contributed by atoms with Crippen LogP contribution in [0.1, 0.15) is 52.4 Å². The molecule has 1 fully saturated rings. The summed E-state index contributed by atoms with van der Waals surface area (Å²) in [5, 5.41) is 14.3. The maximum atomic E-state index is 11.7. The fourth-order valence-electron chi connectivity index (χ4n) is 2.74. The average molecular weight is 270 g/mol. The Hall–Kier alpha value is -1.26. The van der Waals surface area contributed by atoms with Crippen LogP contribution in [-0.4, -0.2) is 29.7 Å². The molecule has 3 N–H and O–H groups in total. The summed E-state index contributed by atoms with van der Waals surface area (Å²) in [6, 6.07) is -1.14. The first-order chi connectivity index (χ1) is 9.02. The lowest BCUT2D eigenvalue weighted by Gasteiger charge is -2.27. The Morgan fingerprint density at radius 1 is 1.37 bits per heavy atom. The molecule has 5 heteroatoms. The summed E-state index contributed by atoms with van der Waals surface area (Å²) in [6.07, 6.45) is 6.00. The highest BCUT2D eigenvalue weighted by Gasteiger charge is 2.21. The van der Waals surface area contributed by atoms with Gasteiger partial charge in [0.1, 0.15) is 6.04 Å². The molecule has 0 bridgehead atoms. The second kappa shape index (κ2) is 8.02. The van der Waals surface area contributed by atoms with Gasteiger partial charge in [-0.15, -0.1) is 0 Å². The molecule has 5 nitrogen and oxygen atoms in total. The monoisotopic (exact) mass is 270 g/mol. The molecule has 110 valence electrons. The molecule has 1 aliphatic rings. The largest absolute Gasteiger partial charge is 0.480 e. The van der Waals surface area contributed by atoms with E-state index in [1.165, 1.54) is 12.8 Å². The van der Waals surface area contributed by atoms with Gasteiger partial charge in [0.05, 0.1) is 0 Å². The Bertz CT molecular complexity index is 307. The van der Waals surface area contributed by atoms with Crippen molar-refractivity contribution in [2.24, 2.45) is 11.8 Å². The third-order valence-corrected chi connectivity index (χ3v) is 3.78. The van der Waals surface area contributed by atoms with Crippen molar-refractivity contribution in [3.8, 4) is 0 Å². The van der Waals surface area contributed by atoms with E-state index in [1.54, 1.807) is 0 Å². The first-order valence-electron chi connectivity index (χ1n) is 7.30. The minimum atomic E-state index is -0.969. The lowest BCUT2D eigenvalue weighted by molar-refractivity contribution is -0.139. The van der Waals surface area contributed by atoms with Gasteiger partial charge in [-0.2, -0.15) is 0 Å². The maximum Gasteiger partial charge on any atom is 0.326 e. The number of rotatable bonds is 6. The third kappa shape index (κ3) is 5.94. The number of urea groups is 1. The fraction of sp³-hybridized carbons (Fsp3) is 0.857. The number of amides is 2. The highest BCUT2D eigenvalue weighted by molar-refractivity contribution is 5.82. The van der Waals surface area contributed by atoms with Crippen molar-refractivity contribution in [2.75, 3.05) is 6.54 Å². The second-order valence-electron chi connectivity index (χ2n) is 5.67. The minimum absolute atomic E-state index is 0.362. The lowest BCUT2D eigenvalue weighted by Crippen LogP contribution is -2.47. The van der Waals surface area contributed by atoms with Crippen molar-refractivity contribution in [1.82, 2.24) is 10.6 Å². The van der Waals surface area contributed by atoms with E-state index >= 15 is 0 Å². The average Bonchev–Trinajstić information content (AvgIpc) is 2.36. The number of nitrogens with one attached hydrogen (secondary N) is 2. The van der Waals surface area contributed by atoms with E-state index < -0.39 is 12.0 Å². The molecule has 0 aromatic carbocycles. The van der Waals surface area contributed by atoms with Crippen molar-refractivity contribution < 1.29 is 14.7 Å². The summed E-state index contributed by atoms with van der Waals surface area (Å²) in [4.78, 5) is 22.6. The summed E-state index contributed by atoms with van der Waals surface area (Å²) in [7, 11) is 0. The number of carboxylic acid groups (broad SMARTS) is 1. The predicted octanol–water partition coefficient (Wildman–Crippen LogP) is 2.37. The summed E-state index contributed by atoms with van der Waals surface area (Å²) >= 11 is 0. The van der Waals surface area contributed by atoms with Crippen LogP contribution in [0.25, 0.3) is 0 Å². The molecule has 3 atom stereocenters. The number of carboxylic acids is 1. The SMILES string of the molecule is CCCC(NC(=O)NCC1CCCC(C)C1)C(=O)O. The molecule has 0 aromatic rings. The van der Waals surface area contributed by atoms with Gasteiger partial charge in [-0.3, -0.25) is 0 Å². The first kappa shape index (κ1) is 15.8. The number of carbonyl (C=O) groups is 2. The van der Waals surface area contributed by atoms with Gasteiger partial charge in [-0.25, -0.2) is 9.59 Å². The Balaban J connectivity index is 2.28. The molecule has 0 aromatic heterocycles. The van der Waals surface area contributed by atoms with Gasteiger partial charge in [-0.05, 0) is 31.1 Å². The highest BCUT2D eigenvalue weighted by Crippen LogP contribution is 2.27. The molecule has 19 heavy (non-hydrogen) atoms. The van der Waals surface area contributed by atoms with Gasteiger partial charge in [-0.1, -0.05) is 33.1 Å². The van der Waals surface area contributed by atoms with Crippen LogP contribution >= 0.6 is 0 Å². The predicted molar refractivity (Wildman–Crippen MR) is 74.0 cm³/mol. The Kier molecular flexibility index (Phi) is 6.67. The highest BCUT2D eigenvalue weighted by atomic mass is 16.4. The standard InChI is InChI=1S/C14H26N2O3/c1-3-5-12(13(17)18)16-14(19)15-9-11-7-4-6-10(2)8-11/h10-12H,3-9H2,1-2H3,(H,17,18)(H2,15,16,19). The summed E-state index contributed by atoms with van der Waals surface area (Å²) < 4.78 is 0. The van der Waals surface area contributed by atoms with Gasteiger partial charge < -0.3 is 15.7 Å². The van der Waals surface area contributed by atoms with Crippen LogP contribution in [-0.2, 0) is 4.79 Å². The van der Waals surface area contributed by atoms with Crippen LogP contribution in [0.5, 0.6) is 0 Å². The number of hydrogen-bond acceptors (Lipinski definition) is 2. The van der Waals surface area contributed by atoms with Gasteiger partial charge in [0.2, 0.25) is 0 Å². The zero-order valence-corrected chi connectivity index (χ0v) is 11.9. The van der Waals surface area contributed by atoms with Gasteiger partial charge in [0.25, 0.3) is 0 Å².